The van der Waals surface area contributed by atoms with Crippen molar-refractivity contribution >= 4 is 50.7 Å². The highest BCUT2D eigenvalue weighted by molar-refractivity contribution is 7.92. The first-order valence-corrected chi connectivity index (χ1v) is 14.4. The van der Waals surface area contributed by atoms with Gasteiger partial charge in [0.05, 0.1) is 11.9 Å². The van der Waals surface area contributed by atoms with Gasteiger partial charge in [0.15, 0.2) is 0 Å². The Morgan fingerprint density at radius 1 is 1.03 bits per heavy atom. The zero-order chi connectivity index (χ0) is 27.2. The number of carbonyl (C=O) groups is 2. The second-order valence-electron chi connectivity index (χ2n) is 9.29. The van der Waals surface area contributed by atoms with E-state index in [4.69, 9.17) is 23.2 Å². The third-order valence-corrected chi connectivity index (χ3v) is 7.66. The second kappa shape index (κ2) is 12.8. The summed E-state index contributed by atoms with van der Waals surface area (Å²) in [4.78, 5) is 27.6. The van der Waals surface area contributed by atoms with Crippen LogP contribution in [0.3, 0.4) is 0 Å². The molecule has 0 heterocycles. The molecule has 2 rings (SSSR count). The van der Waals surface area contributed by atoms with E-state index in [2.05, 4.69) is 5.32 Å². The fourth-order valence-electron chi connectivity index (χ4n) is 3.81. The molecule has 0 saturated heterocycles. The smallest absolute Gasteiger partial charge is 0.242 e. The number of hydrogen-bond donors (Lipinski definition) is 1. The molecule has 7 nitrogen and oxygen atoms in total. The van der Waals surface area contributed by atoms with Crippen LogP contribution in [-0.2, 0) is 26.2 Å². The molecule has 0 spiro atoms. The summed E-state index contributed by atoms with van der Waals surface area (Å²) in [6.45, 7) is 9.26. The van der Waals surface area contributed by atoms with Crippen molar-refractivity contribution in [3.63, 3.8) is 0 Å². The average Bonchev–Trinajstić information content (AvgIpc) is 2.76. The van der Waals surface area contributed by atoms with Gasteiger partial charge < -0.3 is 10.2 Å². The van der Waals surface area contributed by atoms with Crippen molar-refractivity contribution in [3.8, 4) is 0 Å². The van der Waals surface area contributed by atoms with Crippen molar-refractivity contribution in [2.24, 2.45) is 0 Å². The largest absolute Gasteiger partial charge is 0.352 e. The predicted octanol–water partition coefficient (Wildman–Crippen LogP) is 5.10. The average molecular weight is 557 g/mol. The first kappa shape index (κ1) is 29.9. The van der Waals surface area contributed by atoms with Crippen LogP contribution in [0.2, 0.25) is 10.0 Å². The molecule has 10 heteroatoms. The van der Waals surface area contributed by atoms with Crippen molar-refractivity contribution in [2.45, 2.75) is 66.1 Å². The number of nitrogens with one attached hydrogen (secondary N) is 1. The molecule has 0 saturated carbocycles. The Hall–Kier alpha value is -2.29. The van der Waals surface area contributed by atoms with Crippen LogP contribution >= 0.6 is 23.2 Å². The Bertz CT molecular complexity index is 1180. The summed E-state index contributed by atoms with van der Waals surface area (Å²) in [6, 6.07) is 9.81. The van der Waals surface area contributed by atoms with Crippen molar-refractivity contribution in [1.29, 1.82) is 0 Å². The van der Waals surface area contributed by atoms with Crippen LogP contribution in [0.4, 0.5) is 5.69 Å². The molecule has 0 aliphatic carbocycles. The summed E-state index contributed by atoms with van der Waals surface area (Å²) in [5.74, 6) is -0.596. The summed E-state index contributed by atoms with van der Waals surface area (Å²) in [5, 5.41) is 3.63. The number of halogens is 2. The molecule has 0 unspecified atom stereocenters. The lowest BCUT2D eigenvalue weighted by atomic mass is 10.1. The Kier molecular flexibility index (Phi) is 10.6. The second-order valence-corrected chi connectivity index (χ2v) is 12.0. The van der Waals surface area contributed by atoms with Crippen LogP contribution in [0.1, 0.15) is 50.3 Å². The quantitative estimate of drug-likeness (QED) is 0.418. The summed E-state index contributed by atoms with van der Waals surface area (Å²) in [6.07, 6.45) is 1.46. The Labute approximate surface area is 224 Å². The van der Waals surface area contributed by atoms with E-state index in [1.165, 1.54) is 9.21 Å². The maximum atomic E-state index is 13.4. The normalized spacial score (nSPS) is 12.4. The monoisotopic (exact) mass is 555 g/mol. The molecule has 0 aliphatic rings. The highest BCUT2D eigenvalue weighted by Gasteiger charge is 2.28. The lowest BCUT2D eigenvalue weighted by molar-refractivity contribution is -0.140. The van der Waals surface area contributed by atoms with Gasteiger partial charge in [-0.05, 0) is 70.4 Å². The topological polar surface area (TPSA) is 86.8 Å². The molecule has 1 atom stereocenters. The van der Waals surface area contributed by atoms with Crippen LogP contribution in [0.5, 0.6) is 0 Å². The molecule has 0 fully saturated rings. The number of anilines is 1. The standard InChI is InChI=1S/C26H35Cl2N3O4S/c1-17(2)29-26(33)20(5)30(16-21-22(27)9-7-10-23(21)28)25(32)11-8-14-31(36(6,34)35)24-15-18(3)12-13-19(24)4/h7,9-10,12-13,15,17,20H,8,11,14,16H2,1-6H3,(H,29,33)/t20-/m0/s1. The number of sulfonamides is 1. The summed E-state index contributed by atoms with van der Waals surface area (Å²) in [7, 11) is -3.57. The Balaban J connectivity index is 2.26. The van der Waals surface area contributed by atoms with Gasteiger partial charge in [-0.3, -0.25) is 13.9 Å². The first-order chi connectivity index (χ1) is 16.7. The number of amides is 2. The van der Waals surface area contributed by atoms with Crippen molar-refractivity contribution < 1.29 is 18.0 Å². The third kappa shape index (κ3) is 8.11. The SMILES string of the molecule is Cc1ccc(C)c(N(CCCC(=O)N(Cc2c(Cl)cccc2Cl)[C@@H](C)C(=O)NC(C)C)S(C)(=O)=O)c1. The maximum absolute atomic E-state index is 13.4. The molecular formula is C26H35Cl2N3O4S. The molecule has 0 aliphatic heterocycles. The molecule has 0 radical (unpaired) electrons. The zero-order valence-electron chi connectivity index (χ0n) is 21.6. The van der Waals surface area contributed by atoms with Gasteiger partial charge in [0.25, 0.3) is 0 Å². The van der Waals surface area contributed by atoms with E-state index in [0.29, 0.717) is 21.3 Å². The van der Waals surface area contributed by atoms with Crippen molar-refractivity contribution in [1.82, 2.24) is 10.2 Å². The van der Waals surface area contributed by atoms with Gasteiger partial charge in [-0.2, -0.15) is 0 Å². The number of hydrogen-bond acceptors (Lipinski definition) is 4. The number of nitrogens with zero attached hydrogens (tertiary/aromatic N) is 2. The predicted molar refractivity (Wildman–Crippen MR) is 147 cm³/mol. The van der Waals surface area contributed by atoms with Gasteiger partial charge in [-0.1, -0.05) is 41.4 Å². The van der Waals surface area contributed by atoms with Gasteiger partial charge in [-0.15, -0.1) is 0 Å². The highest BCUT2D eigenvalue weighted by atomic mass is 35.5. The van der Waals surface area contributed by atoms with Gasteiger partial charge >= 0.3 is 0 Å². The Morgan fingerprint density at radius 3 is 2.19 bits per heavy atom. The minimum Gasteiger partial charge on any atom is -0.352 e. The lowest BCUT2D eigenvalue weighted by Gasteiger charge is -2.30. The summed E-state index contributed by atoms with van der Waals surface area (Å²) >= 11 is 12.7. The minimum absolute atomic E-state index is 0.0399. The number of aryl methyl sites for hydroxylation is 2. The minimum atomic E-state index is -3.57. The van der Waals surface area contributed by atoms with Crippen molar-refractivity contribution in [3.05, 3.63) is 63.1 Å². The lowest BCUT2D eigenvalue weighted by Crippen LogP contribution is -2.49. The van der Waals surface area contributed by atoms with Crippen LogP contribution in [0, 0.1) is 13.8 Å². The van der Waals surface area contributed by atoms with E-state index >= 15 is 0 Å². The first-order valence-electron chi connectivity index (χ1n) is 11.8. The number of benzene rings is 2. The molecule has 198 valence electrons. The third-order valence-electron chi connectivity index (χ3n) is 5.77. The summed E-state index contributed by atoms with van der Waals surface area (Å²) < 4.78 is 26.5. The number of rotatable bonds is 11. The van der Waals surface area contributed by atoms with Crippen LogP contribution in [0.15, 0.2) is 36.4 Å². The molecule has 0 aromatic heterocycles. The fourth-order valence-corrected chi connectivity index (χ4v) is 5.34. The van der Waals surface area contributed by atoms with E-state index in [0.717, 1.165) is 17.4 Å². The maximum Gasteiger partial charge on any atom is 0.242 e. The Morgan fingerprint density at radius 2 is 1.64 bits per heavy atom. The van der Waals surface area contributed by atoms with Gasteiger partial charge in [0.1, 0.15) is 6.04 Å². The van der Waals surface area contributed by atoms with Gasteiger partial charge in [0, 0.05) is 41.2 Å². The van der Waals surface area contributed by atoms with Crippen LogP contribution in [0.25, 0.3) is 0 Å². The van der Waals surface area contributed by atoms with E-state index in [-0.39, 0.29) is 43.8 Å². The molecule has 1 N–H and O–H groups in total. The van der Waals surface area contributed by atoms with Crippen LogP contribution < -0.4 is 9.62 Å². The zero-order valence-corrected chi connectivity index (χ0v) is 24.0. The fraction of sp³-hybridized carbons (Fsp3) is 0.462. The van der Waals surface area contributed by atoms with E-state index in [9.17, 15) is 18.0 Å². The number of carbonyl (C=O) groups excluding carboxylic acids is 2. The van der Waals surface area contributed by atoms with Crippen LogP contribution in [-0.4, -0.2) is 50.0 Å². The van der Waals surface area contributed by atoms with E-state index < -0.39 is 16.1 Å². The molecule has 0 bridgehead atoms. The van der Waals surface area contributed by atoms with Gasteiger partial charge in [0.2, 0.25) is 21.8 Å². The molecule has 2 aromatic rings. The van der Waals surface area contributed by atoms with E-state index in [1.807, 2.05) is 45.9 Å². The molecule has 2 aromatic carbocycles. The van der Waals surface area contributed by atoms with E-state index in [1.54, 1.807) is 25.1 Å². The molecule has 2 amide bonds. The molecular weight excluding hydrogens is 521 g/mol. The molecule has 36 heavy (non-hydrogen) atoms. The highest BCUT2D eigenvalue weighted by Crippen LogP contribution is 2.28. The summed E-state index contributed by atoms with van der Waals surface area (Å²) in [5.41, 5.74) is 2.90. The van der Waals surface area contributed by atoms with Gasteiger partial charge in [-0.25, -0.2) is 8.42 Å². The van der Waals surface area contributed by atoms with Crippen molar-refractivity contribution in [2.75, 3.05) is 17.1 Å².